The van der Waals surface area contributed by atoms with Crippen molar-refractivity contribution >= 4 is 0 Å². The van der Waals surface area contributed by atoms with Crippen LogP contribution in [-0.4, -0.2) is 9.55 Å². The zero-order valence-electron chi connectivity index (χ0n) is 10.9. The molecule has 0 aliphatic rings. The Morgan fingerprint density at radius 2 is 2.22 bits per heavy atom. The van der Waals surface area contributed by atoms with Crippen molar-refractivity contribution in [1.29, 1.82) is 0 Å². The number of aryl methyl sites for hydroxylation is 2. The van der Waals surface area contributed by atoms with E-state index in [2.05, 4.69) is 16.5 Å². The standard InChI is InChI=1S/C14H19N3O/c1-3-17-10-16-8-13(17)9-18-14-11(2)5-4-6-12(14)7-15/h4-6,8,10H,3,7,9,15H2,1-2H3. The van der Waals surface area contributed by atoms with E-state index in [1.54, 1.807) is 0 Å². The van der Waals surface area contributed by atoms with Gasteiger partial charge in [0.05, 0.1) is 18.2 Å². The number of nitrogens with zero attached hydrogens (tertiary/aromatic N) is 2. The third kappa shape index (κ3) is 2.54. The molecule has 2 rings (SSSR count). The molecule has 1 aromatic carbocycles. The van der Waals surface area contributed by atoms with E-state index in [4.69, 9.17) is 10.5 Å². The third-order valence-corrected chi connectivity index (χ3v) is 3.02. The first-order valence-corrected chi connectivity index (χ1v) is 6.16. The highest BCUT2D eigenvalue weighted by Gasteiger charge is 2.07. The molecule has 0 saturated carbocycles. The second-order valence-corrected chi connectivity index (χ2v) is 4.23. The van der Waals surface area contributed by atoms with Crippen molar-refractivity contribution in [3.63, 3.8) is 0 Å². The van der Waals surface area contributed by atoms with Crippen LogP contribution < -0.4 is 10.5 Å². The Bertz CT molecular complexity index is 520. The fraction of sp³-hybridized carbons (Fsp3) is 0.357. The van der Waals surface area contributed by atoms with Gasteiger partial charge in [0.2, 0.25) is 0 Å². The molecule has 96 valence electrons. The highest BCUT2D eigenvalue weighted by Crippen LogP contribution is 2.23. The lowest BCUT2D eigenvalue weighted by molar-refractivity contribution is 0.290. The maximum Gasteiger partial charge on any atom is 0.130 e. The van der Waals surface area contributed by atoms with Crippen molar-refractivity contribution in [2.24, 2.45) is 5.73 Å². The Balaban J connectivity index is 2.15. The minimum Gasteiger partial charge on any atom is -0.487 e. The Hall–Kier alpha value is -1.81. The number of nitrogens with two attached hydrogens (primary N) is 1. The second-order valence-electron chi connectivity index (χ2n) is 4.23. The summed E-state index contributed by atoms with van der Waals surface area (Å²) in [5, 5.41) is 0. The molecular formula is C14H19N3O. The van der Waals surface area contributed by atoms with Gasteiger partial charge in [0.15, 0.2) is 0 Å². The zero-order valence-corrected chi connectivity index (χ0v) is 10.9. The van der Waals surface area contributed by atoms with Crippen LogP contribution in [0.1, 0.15) is 23.7 Å². The van der Waals surface area contributed by atoms with Gasteiger partial charge in [0.1, 0.15) is 12.4 Å². The van der Waals surface area contributed by atoms with E-state index in [-0.39, 0.29) is 0 Å². The molecule has 4 nitrogen and oxygen atoms in total. The number of hydrogen-bond donors (Lipinski definition) is 1. The highest BCUT2D eigenvalue weighted by atomic mass is 16.5. The molecule has 4 heteroatoms. The first-order valence-electron chi connectivity index (χ1n) is 6.16. The minimum absolute atomic E-state index is 0.490. The molecule has 0 bridgehead atoms. The van der Waals surface area contributed by atoms with Crippen LogP contribution in [-0.2, 0) is 19.7 Å². The lowest BCUT2D eigenvalue weighted by Gasteiger charge is -2.13. The van der Waals surface area contributed by atoms with Crippen LogP contribution in [0.3, 0.4) is 0 Å². The summed E-state index contributed by atoms with van der Waals surface area (Å²) in [5.74, 6) is 0.892. The Morgan fingerprint density at radius 3 is 2.94 bits per heavy atom. The average Bonchev–Trinajstić information content (AvgIpc) is 2.84. The van der Waals surface area contributed by atoms with Crippen LogP contribution in [0.5, 0.6) is 5.75 Å². The maximum absolute atomic E-state index is 5.90. The van der Waals surface area contributed by atoms with Crippen molar-refractivity contribution in [2.75, 3.05) is 0 Å². The van der Waals surface area contributed by atoms with Crippen LogP contribution >= 0.6 is 0 Å². The summed E-state index contributed by atoms with van der Waals surface area (Å²) in [6.07, 6.45) is 3.66. The number of aromatic nitrogens is 2. The van der Waals surface area contributed by atoms with Gasteiger partial charge in [-0.1, -0.05) is 18.2 Å². The molecule has 0 aliphatic heterocycles. The summed E-state index contributed by atoms with van der Waals surface area (Å²) >= 11 is 0. The number of ether oxygens (including phenoxy) is 1. The maximum atomic E-state index is 5.90. The van der Waals surface area contributed by atoms with Crippen LogP contribution in [0.2, 0.25) is 0 Å². The Morgan fingerprint density at radius 1 is 1.39 bits per heavy atom. The number of rotatable bonds is 5. The molecule has 2 N–H and O–H groups in total. The summed E-state index contributed by atoms with van der Waals surface area (Å²) in [5.41, 5.74) is 8.95. The lowest BCUT2D eigenvalue weighted by Crippen LogP contribution is -2.07. The van der Waals surface area contributed by atoms with Crippen LogP contribution in [0, 0.1) is 6.92 Å². The van der Waals surface area contributed by atoms with E-state index in [0.717, 1.165) is 29.1 Å². The van der Waals surface area contributed by atoms with E-state index >= 15 is 0 Å². The van der Waals surface area contributed by atoms with Gasteiger partial charge >= 0.3 is 0 Å². The first kappa shape index (κ1) is 12.6. The molecule has 0 amide bonds. The molecule has 0 fully saturated rings. The van der Waals surface area contributed by atoms with Gasteiger partial charge in [-0.15, -0.1) is 0 Å². The van der Waals surface area contributed by atoms with E-state index in [0.29, 0.717) is 13.2 Å². The molecule has 2 aromatic rings. The van der Waals surface area contributed by atoms with Gasteiger partial charge in [-0.2, -0.15) is 0 Å². The van der Waals surface area contributed by atoms with Gasteiger partial charge in [-0.05, 0) is 19.4 Å². The quantitative estimate of drug-likeness (QED) is 0.879. The monoisotopic (exact) mass is 245 g/mol. The number of benzene rings is 1. The number of imidazole rings is 1. The van der Waals surface area contributed by atoms with Crippen molar-refractivity contribution in [3.05, 3.63) is 47.5 Å². The lowest BCUT2D eigenvalue weighted by atomic mass is 10.1. The van der Waals surface area contributed by atoms with E-state index in [9.17, 15) is 0 Å². The second kappa shape index (κ2) is 5.69. The Kier molecular flexibility index (Phi) is 3.99. The molecule has 0 radical (unpaired) electrons. The van der Waals surface area contributed by atoms with Gasteiger partial charge in [-0.3, -0.25) is 0 Å². The van der Waals surface area contributed by atoms with Gasteiger partial charge in [0, 0.05) is 18.7 Å². The average molecular weight is 245 g/mol. The van der Waals surface area contributed by atoms with Crippen molar-refractivity contribution in [1.82, 2.24) is 9.55 Å². The normalized spacial score (nSPS) is 10.6. The molecule has 0 aliphatic carbocycles. The molecule has 18 heavy (non-hydrogen) atoms. The predicted molar refractivity (Wildman–Crippen MR) is 71.3 cm³/mol. The fourth-order valence-electron chi connectivity index (χ4n) is 1.98. The molecular weight excluding hydrogens is 226 g/mol. The SMILES string of the molecule is CCn1cncc1COc1c(C)cccc1CN. The minimum atomic E-state index is 0.490. The molecule has 1 heterocycles. The highest BCUT2D eigenvalue weighted by molar-refractivity contribution is 5.40. The van der Waals surface area contributed by atoms with E-state index in [1.165, 1.54) is 0 Å². The van der Waals surface area contributed by atoms with Crippen molar-refractivity contribution < 1.29 is 4.74 Å². The number of hydrogen-bond acceptors (Lipinski definition) is 3. The van der Waals surface area contributed by atoms with Crippen LogP contribution in [0.4, 0.5) is 0 Å². The van der Waals surface area contributed by atoms with Gasteiger partial charge < -0.3 is 15.0 Å². The third-order valence-electron chi connectivity index (χ3n) is 3.02. The summed E-state index contributed by atoms with van der Waals surface area (Å²) in [7, 11) is 0. The van der Waals surface area contributed by atoms with E-state index in [1.807, 2.05) is 37.6 Å². The Labute approximate surface area is 107 Å². The zero-order chi connectivity index (χ0) is 13.0. The fourth-order valence-corrected chi connectivity index (χ4v) is 1.98. The van der Waals surface area contributed by atoms with Crippen molar-refractivity contribution in [2.45, 2.75) is 33.5 Å². The van der Waals surface area contributed by atoms with Crippen LogP contribution in [0.25, 0.3) is 0 Å². The largest absolute Gasteiger partial charge is 0.487 e. The van der Waals surface area contributed by atoms with E-state index < -0.39 is 0 Å². The van der Waals surface area contributed by atoms with Gasteiger partial charge in [0.25, 0.3) is 0 Å². The first-order chi connectivity index (χ1) is 8.76. The molecule has 0 spiro atoms. The van der Waals surface area contributed by atoms with Gasteiger partial charge in [-0.25, -0.2) is 4.98 Å². The summed E-state index contributed by atoms with van der Waals surface area (Å²) in [4.78, 5) is 4.13. The predicted octanol–water partition coefficient (Wildman–Crippen LogP) is 2.25. The van der Waals surface area contributed by atoms with Crippen molar-refractivity contribution in [3.8, 4) is 5.75 Å². The summed E-state index contributed by atoms with van der Waals surface area (Å²) in [6, 6.07) is 6.03. The number of para-hydroxylation sites is 1. The summed E-state index contributed by atoms with van der Waals surface area (Å²) in [6.45, 7) is 6.03. The summed E-state index contributed by atoms with van der Waals surface area (Å²) < 4.78 is 7.97. The molecule has 0 unspecified atom stereocenters. The topological polar surface area (TPSA) is 53.1 Å². The molecule has 0 saturated heterocycles. The molecule has 0 atom stereocenters. The smallest absolute Gasteiger partial charge is 0.130 e. The van der Waals surface area contributed by atoms with Crippen LogP contribution in [0.15, 0.2) is 30.7 Å². The molecule has 1 aromatic heterocycles.